The summed E-state index contributed by atoms with van der Waals surface area (Å²) < 4.78 is 39.0. The average molecular weight is 744 g/mol. The van der Waals surface area contributed by atoms with Gasteiger partial charge in [0.05, 0.1) is 5.25 Å². The van der Waals surface area contributed by atoms with E-state index in [0.29, 0.717) is 27.7 Å². The van der Waals surface area contributed by atoms with Gasteiger partial charge in [-0.15, -0.1) is 45.1 Å². The van der Waals surface area contributed by atoms with Gasteiger partial charge in [-0.3, -0.25) is 24.6 Å². The zero-order valence-electron chi connectivity index (χ0n) is 23.4. The molecule has 47 heavy (non-hydrogen) atoms. The molecule has 3 N–H and O–H groups in total. The van der Waals surface area contributed by atoms with Crippen molar-refractivity contribution in [2.24, 2.45) is 5.16 Å². The molecule has 1 aromatic carbocycles. The molecule has 2 unspecified atom stereocenters. The van der Waals surface area contributed by atoms with Crippen molar-refractivity contribution >= 4 is 92.5 Å². The summed E-state index contributed by atoms with van der Waals surface area (Å²) in [5.41, 5.74) is 1.27. The second kappa shape index (κ2) is 13.8. The molecule has 0 spiro atoms. The number of β-lactam (4-membered cyclic amide) rings is 1. The average Bonchev–Trinajstić information content (AvgIpc) is 3.36. The van der Waals surface area contributed by atoms with E-state index in [1.807, 2.05) is 30.3 Å². The molecule has 2 aliphatic heterocycles. The molecule has 0 bridgehead atoms. The van der Waals surface area contributed by atoms with Crippen molar-refractivity contribution in [3.63, 3.8) is 0 Å². The van der Waals surface area contributed by atoms with Crippen LogP contribution >= 0.6 is 58.0 Å². The number of nitrogens with zero attached hydrogens (tertiary/aromatic N) is 5. The second-order valence-electron chi connectivity index (χ2n) is 9.89. The number of nitrogens with one attached hydrogen (secondary N) is 2. The monoisotopic (exact) mass is 743 g/mol. The number of halogens is 3. The van der Waals surface area contributed by atoms with Gasteiger partial charge in [0.25, 0.3) is 11.8 Å². The number of anilines is 1. The fourth-order valence-corrected chi connectivity index (χ4v) is 9.19. The number of hydrogen-bond acceptors (Lipinski definition) is 14. The maximum Gasteiger partial charge on any atom is 0.471 e. The summed E-state index contributed by atoms with van der Waals surface area (Å²) in [6.07, 6.45) is -4.92. The van der Waals surface area contributed by atoms with E-state index in [2.05, 4.69) is 25.7 Å². The Kier molecular flexibility index (Phi) is 9.78. The van der Waals surface area contributed by atoms with Crippen LogP contribution in [0.15, 0.2) is 66.9 Å². The van der Waals surface area contributed by atoms with Crippen LogP contribution in [0.1, 0.15) is 12.1 Å². The number of thioether (sulfide) groups is 3. The Hall–Kier alpha value is -3.66. The van der Waals surface area contributed by atoms with Crippen molar-refractivity contribution in [1.29, 1.82) is 0 Å². The highest BCUT2D eigenvalue weighted by Gasteiger charge is 2.54. The van der Waals surface area contributed by atoms with E-state index >= 15 is 0 Å². The molecule has 2 aromatic heterocycles. The summed E-state index contributed by atoms with van der Waals surface area (Å²) in [5.74, 6) is -4.57. The van der Waals surface area contributed by atoms with Gasteiger partial charge in [0.2, 0.25) is 0 Å². The standard InChI is InChI=1S/C26H20F3N7O6S5/c27-26(28,29)23(41)33-24-31-13(9-44-24)16(35-42-14-6-15(14)47-12-4-2-1-3-5-12)19(37)32-17-20(38)36-18(22(39)40)11(7-43-21(17)36)8-45-25-34-30-10-46-25/h1-5,9-10,14-15,17,21H,6-8H2,(H,32,37)(H,39,40)(H,31,33,41)/b35-16+/t14?,15?,17-,21-/m1/s1. The zero-order chi connectivity index (χ0) is 33.3. The van der Waals surface area contributed by atoms with Gasteiger partial charge in [-0.1, -0.05) is 46.5 Å². The van der Waals surface area contributed by atoms with Gasteiger partial charge < -0.3 is 15.3 Å². The lowest BCUT2D eigenvalue weighted by molar-refractivity contribution is -0.167. The summed E-state index contributed by atoms with van der Waals surface area (Å²) in [4.78, 5) is 62.0. The van der Waals surface area contributed by atoms with Gasteiger partial charge in [0.1, 0.15) is 34.4 Å². The summed E-state index contributed by atoms with van der Waals surface area (Å²) in [6, 6.07) is 8.40. The van der Waals surface area contributed by atoms with Gasteiger partial charge in [-0.25, -0.2) is 9.78 Å². The van der Waals surface area contributed by atoms with Crippen LogP contribution in [0, 0.1) is 0 Å². The smallest absolute Gasteiger partial charge is 0.471 e. The van der Waals surface area contributed by atoms with Crippen LogP contribution in [-0.2, 0) is 24.0 Å². The first-order valence-corrected chi connectivity index (χ1v) is 18.1. The van der Waals surface area contributed by atoms with Crippen LogP contribution < -0.4 is 10.6 Å². The van der Waals surface area contributed by atoms with Gasteiger partial charge in [0.15, 0.2) is 15.2 Å². The van der Waals surface area contributed by atoms with Crippen molar-refractivity contribution in [2.75, 3.05) is 16.8 Å². The summed E-state index contributed by atoms with van der Waals surface area (Å²) in [7, 11) is 0. The number of benzene rings is 1. The maximum absolute atomic E-state index is 13.5. The Bertz CT molecular complexity index is 1750. The molecule has 4 atom stereocenters. The largest absolute Gasteiger partial charge is 0.477 e. The van der Waals surface area contributed by atoms with E-state index in [-0.39, 0.29) is 34.3 Å². The molecule has 246 valence electrons. The highest BCUT2D eigenvalue weighted by Crippen LogP contribution is 2.43. The van der Waals surface area contributed by atoms with E-state index in [4.69, 9.17) is 4.84 Å². The molecule has 13 nitrogen and oxygen atoms in total. The molecule has 0 radical (unpaired) electrons. The van der Waals surface area contributed by atoms with Crippen molar-refractivity contribution in [3.8, 4) is 0 Å². The fraction of sp³-hybridized carbons (Fsp3) is 0.308. The first-order valence-electron chi connectivity index (χ1n) is 13.4. The van der Waals surface area contributed by atoms with Gasteiger partial charge in [-0.05, 0) is 17.7 Å². The third kappa shape index (κ3) is 7.58. The normalized spacial score (nSPS) is 22.3. The van der Waals surface area contributed by atoms with Crippen molar-refractivity contribution < 1.29 is 42.3 Å². The summed E-state index contributed by atoms with van der Waals surface area (Å²) in [6.45, 7) is 0. The first kappa shape index (κ1) is 33.2. The SMILES string of the molecule is O=C(O)C1=C(CSc2nncs2)CS[C@@H]2[C@H](NC(=O)/C(=N/OC3CC3Sc3ccccc3)c3csc(NC(=O)C(F)(F)F)n3)C(=O)N12. The summed E-state index contributed by atoms with van der Waals surface area (Å²) >= 11 is 6.04. The Balaban J connectivity index is 1.17. The quantitative estimate of drug-likeness (QED) is 0.106. The number of aliphatic carboxylic acids is 1. The molecule has 1 aliphatic carbocycles. The molecule has 21 heteroatoms. The topological polar surface area (TPSA) is 176 Å². The Morgan fingerprint density at radius 3 is 2.68 bits per heavy atom. The molecular weight excluding hydrogens is 724 g/mol. The maximum atomic E-state index is 13.5. The van der Waals surface area contributed by atoms with Gasteiger partial charge >= 0.3 is 18.1 Å². The molecule has 3 aromatic rings. The second-order valence-corrected chi connectivity index (χ2v) is 15.2. The van der Waals surface area contributed by atoms with Crippen molar-refractivity contribution in [2.45, 2.75) is 44.6 Å². The number of alkyl halides is 3. The zero-order valence-corrected chi connectivity index (χ0v) is 27.5. The number of amides is 3. The number of rotatable bonds is 12. The van der Waals surface area contributed by atoms with Crippen molar-refractivity contribution in [3.05, 3.63) is 58.2 Å². The van der Waals surface area contributed by atoms with Crippen LogP contribution in [0.3, 0.4) is 0 Å². The molecule has 3 amide bonds. The molecule has 1 saturated heterocycles. The predicted octanol–water partition coefficient (Wildman–Crippen LogP) is 3.68. The minimum Gasteiger partial charge on any atom is -0.477 e. The molecule has 3 aliphatic rings. The number of fused-ring (bicyclic) bond motifs is 1. The number of oxime groups is 1. The Morgan fingerprint density at radius 1 is 1.19 bits per heavy atom. The number of hydrogen-bond donors (Lipinski definition) is 3. The van der Waals surface area contributed by atoms with Crippen LogP contribution in [0.2, 0.25) is 0 Å². The van der Waals surface area contributed by atoms with E-state index in [9.17, 15) is 37.5 Å². The molecular formula is C26H20F3N7O6S5. The highest BCUT2D eigenvalue weighted by molar-refractivity contribution is 8.02. The summed E-state index contributed by atoms with van der Waals surface area (Å²) in [5, 5.41) is 25.9. The lowest BCUT2D eigenvalue weighted by atomic mass is 10.0. The third-order valence-electron chi connectivity index (χ3n) is 6.67. The van der Waals surface area contributed by atoms with Crippen LogP contribution in [0.4, 0.5) is 18.3 Å². The fourth-order valence-electron chi connectivity index (χ4n) is 4.37. The molecule has 1 saturated carbocycles. The highest BCUT2D eigenvalue weighted by atomic mass is 32.2. The minimum absolute atomic E-state index is 0.0309. The third-order valence-corrected chi connectivity index (χ3v) is 12.1. The van der Waals surface area contributed by atoms with Crippen LogP contribution in [0.5, 0.6) is 0 Å². The van der Waals surface area contributed by atoms with E-state index in [1.54, 1.807) is 22.6 Å². The Labute approximate surface area is 283 Å². The van der Waals surface area contributed by atoms with Crippen LogP contribution in [-0.4, -0.2) is 95.0 Å². The predicted molar refractivity (Wildman–Crippen MR) is 169 cm³/mol. The number of carboxylic acid groups (broad SMARTS) is 1. The number of carboxylic acids is 1. The number of carbonyl (C=O) groups is 4. The number of carbonyl (C=O) groups excluding carboxylic acids is 3. The lowest BCUT2D eigenvalue weighted by Gasteiger charge is -2.49. The number of thiazole rings is 1. The molecule has 2 fully saturated rings. The van der Waals surface area contributed by atoms with Crippen LogP contribution in [0.25, 0.3) is 0 Å². The van der Waals surface area contributed by atoms with E-state index in [1.165, 1.54) is 40.2 Å². The molecule has 4 heterocycles. The van der Waals surface area contributed by atoms with Gasteiger partial charge in [0, 0.05) is 28.2 Å². The lowest BCUT2D eigenvalue weighted by Crippen LogP contribution is -2.71. The first-order chi connectivity index (χ1) is 22.5. The van der Waals surface area contributed by atoms with Gasteiger partial charge in [-0.2, -0.15) is 13.2 Å². The van der Waals surface area contributed by atoms with Crippen molar-refractivity contribution in [1.82, 2.24) is 25.4 Å². The van der Waals surface area contributed by atoms with E-state index < -0.39 is 52.1 Å². The van der Waals surface area contributed by atoms with E-state index in [0.717, 1.165) is 9.80 Å². The molecule has 6 rings (SSSR count). The minimum atomic E-state index is -5.16. The number of aromatic nitrogens is 3. The Morgan fingerprint density at radius 2 is 1.98 bits per heavy atom.